The molecule has 0 radical (unpaired) electrons. The summed E-state index contributed by atoms with van der Waals surface area (Å²) in [5, 5.41) is 0. The minimum Gasteiger partial charge on any atom is -0.494 e. The fourth-order valence-electron chi connectivity index (χ4n) is 2.74. The van der Waals surface area contributed by atoms with Crippen LogP contribution in [0.25, 0.3) is 0 Å². The zero-order chi connectivity index (χ0) is 16.8. The minimum atomic E-state index is 0.0519. The summed E-state index contributed by atoms with van der Waals surface area (Å²) in [5.74, 6) is 1.37. The third-order valence-corrected chi connectivity index (χ3v) is 3.97. The zero-order valence-corrected chi connectivity index (χ0v) is 13.7. The van der Waals surface area contributed by atoms with E-state index < -0.39 is 0 Å². The second-order valence-electron chi connectivity index (χ2n) is 5.61. The number of aromatic nitrogens is 2. The monoisotopic (exact) mass is 327 g/mol. The molecule has 0 atom stereocenters. The molecule has 1 amide bonds. The van der Waals surface area contributed by atoms with Gasteiger partial charge in [0, 0.05) is 43.9 Å². The van der Waals surface area contributed by atoms with E-state index in [0.29, 0.717) is 31.1 Å². The van der Waals surface area contributed by atoms with Crippen molar-refractivity contribution in [1.82, 2.24) is 14.9 Å². The number of hydrogen-bond acceptors (Lipinski definition) is 5. The van der Waals surface area contributed by atoms with E-state index in [2.05, 4.69) is 9.97 Å². The van der Waals surface area contributed by atoms with E-state index in [1.54, 1.807) is 18.6 Å². The average molecular weight is 327 g/mol. The first-order valence-electron chi connectivity index (χ1n) is 8.21. The highest BCUT2D eigenvalue weighted by Gasteiger charge is 2.25. The summed E-state index contributed by atoms with van der Waals surface area (Å²) in [6.07, 6.45) is 6.49. The molecule has 0 spiro atoms. The van der Waals surface area contributed by atoms with Crippen LogP contribution in [0.5, 0.6) is 11.6 Å². The lowest BCUT2D eigenvalue weighted by Gasteiger charge is -2.32. The molecular weight excluding hydrogens is 306 g/mol. The van der Waals surface area contributed by atoms with E-state index in [9.17, 15) is 4.79 Å². The lowest BCUT2D eigenvalue weighted by atomic mass is 10.1. The molecule has 0 bridgehead atoms. The van der Waals surface area contributed by atoms with Gasteiger partial charge in [-0.2, -0.15) is 0 Å². The van der Waals surface area contributed by atoms with Crippen molar-refractivity contribution < 1.29 is 14.3 Å². The van der Waals surface area contributed by atoms with Gasteiger partial charge in [0.1, 0.15) is 11.9 Å². The van der Waals surface area contributed by atoms with E-state index in [-0.39, 0.29) is 12.0 Å². The molecule has 0 aliphatic carbocycles. The van der Waals surface area contributed by atoms with Crippen LogP contribution in [-0.2, 0) is 0 Å². The van der Waals surface area contributed by atoms with Crippen molar-refractivity contribution in [3.63, 3.8) is 0 Å². The van der Waals surface area contributed by atoms with Crippen molar-refractivity contribution in [2.45, 2.75) is 25.9 Å². The van der Waals surface area contributed by atoms with Crippen LogP contribution >= 0.6 is 0 Å². The van der Waals surface area contributed by atoms with Crippen LogP contribution in [0.3, 0.4) is 0 Å². The molecule has 1 fully saturated rings. The van der Waals surface area contributed by atoms with Crippen molar-refractivity contribution in [2.24, 2.45) is 0 Å². The maximum atomic E-state index is 12.6. The van der Waals surface area contributed by atoms with Crippen molar-refractivity contribution >= 4 is 5.91 Å². The van der Waals surface area contributed by atoms with E-state index in [0.717, 1.165) is 18.6 Å². The Balaban J connectivity index is 1.53. The van der Waals surface area contributed by atoms with Gasteiger partial charge in [-0.05, 0) is 31.2 Å². The molecule has 0 N–H and O–H groups in total. The maximum Gasteiger partial charge on any atom is 0.253 e. The van der Waals surface area contributed by atoms with Gasteiger partial charge in [-0.15, -0.1) is 0 Å². The van der Waals surface area contributed by atoms with E-state index in [1.807, 2.05) is 36.1 Å². The molecule has 6 nitrogen and oxygen atoms in total. The summed E-state index contributed by atoms with van der Waals surface area (Å²) in [4.78, 5) is 22.5. The number of amides is 1. The molecule has 1 aromatic carbocycles. The zero-order valence-electron chi connectivity index (χ0n) is 13.7. The molecule has 126 valence electrons. The maximum absolute atomic E-state index is 12.6. The third-order valence-electron chi connectivity index (χ3n) is 3.97. The van der Waals surface area contributed by atoms with Crippen molar-refractivity contribution in [2.75, 3.05) is 19.7 Å². The highest BCUT2D eigenvalue weighted by atomic mass is 16.5. The van der Waals surface area contributed by atoms with Crippen molar-refractivity contribution in [1.29, 1.82) is 0 Å². The predicted octanol–water partition coefficient (Wildman–Crippen LogP) is 2.56. The fraction of sp³-hybridized carbons (Fsp3) is 0.389. The van der Waals surface area contributed by atoms with Gasteiger partial charge in [0.05, 0.1) is 12.8 Å². The summed E-state index contributed by atoms with van der Waals surface area (Å²) in [7, 11) is 0. The topological polar surface area (TPSA) is 64.5 Å². The van der Waals surface area contributed by atoms with Crippen LogP contribution in [0.2, 0.25) is 0 Å². The second-order valence-corrected chi connectivity index (χ2v) is 5.61. The van der Waals surface area contributed by atoms with Crippen LogP contribution in [0.1, 0.15) is 30.1 Å². The van der Waals surface area contributed by atoms with Crippen LogP contribution in [0.4, 0.5) is 0 Å². The molecule has 2 aromatic rings. The van der Waals surface area contributed by atoms with E-state index in [1.165, 1.54) is 0 Å². The number of hydrogen-bond donors (Lipinski definition) is 0. The lowest BCUT2D eigenvalue weighted by Crippen LogP contribution is -2.41. The van der Waals surface area contributed by atoms with Gasteiger partial charge < -0.3 is 14.4 Å². The van der Waals surface area contributed by atoms with Crippen LogP contribution in [0.15, 0.2) is 42.9 Å². The quantitative estimate of drug-likeness (QED) is 0.844. The third kappa shape index (κ3) is 4.01. The van der Waals surface area contributed by atoms with Gasteiger partial charge in [-0.3, -0.25) is 9.78 Å². The number of nitrogens with zero attached hydrogens (tertiary/aromatic N) is 3. The van der Waals surface area contributed by atoms with Gasteiger partial charge in [-0.25, -0.2) is 4.98 Å². The van der Waals surface area contributed by atoms with Gasteiger partial charge in [0.2, 0.25) is 5.88 Å². The van der Waals surface area contributed by atoms with E-state index in [4.69, 9.17) is 9.47 Å². The standard InChI is InChI=1S/C18H21N3O3/c1-2-23-15-5-3-14(4-6-15)18(22)21-11-7-16(8-12-21)24-17-13-19-9-10-20-17/h3-6,9-10,13,16H,2,7-8,11-12H2,1H3. The largest absolute Gasteiger partial charge is 0.494 e. The first-order valence-corrected chi connectivity index (χ1v) is 8.21. The van der Waals surface area contributed by atoms with Gasteiger partial charge in [0.25, 0.3) is 5.91 Å². The normalized spacial score (nSPS) is 15.1. The average Bonchev–Trinajstić information content (AvgIpc) is 2.64. The predicted molar refractivity (Wildman–Crippen MR) is 89.2 cm³/mol. The molecule has 0 unspecified atom stereocenters. The lowest BCUT2D eigenvalue weighted by molar-refractivity contribution is 0.0587. The summed E-state index contributed by atoms with van der Waals surface area (Å²) in [5.41, 5.74) is 0.687. The molecule has 3 rings (SSSR count). The summed E-state index contributed by atoms with van der Waals surface area (Å²) < 4.78 is 11.2. The minimum absolute atomic E-state index is 0.0519. The Bertz CT molecular complexity index is 653. The Morgan fingerprint density at radius 1 is 1.21 bits per heavy atom. The summed E-state index contributed by atoms with van der Waals surface area (Å²) >= 11 is 0. The SMILES string of the molecule is CCOc1ccc(C(=O)N2CCC(Oc3cnccn3)CC2)cc1. The number of ether oxygens (including phenoxy) is 2. The number of likely N-dealkylation sites (tertiary alicyclic amines) is 1. The van der Waals surface area contributed by atoms with Crippen LogP contribution < -0.4 is 9.47 Å². The van der Waals surface area contributed by atoms with Crippen LogP contribution in [0, 0.1) is 0 Å². The number of carbonyl (C=O) groups is 1. The fourth-order valence-corrected chi connectivity index (χ4v) is 2.74. The molecule has 1 aliphatic heterocycles. The Labute approximate surface area is 141 Å². The number of piperidine rings is 1. The van der Waals surface area contributed by atoms with E-state index >= 15 is 0 Å². The Morgan fingerprint density at radius 3 is 2.58 bits per heavy atom. The molecule has 1 aliphatic rings. The molecule has 24 heavy (non-hydrogen) atoms. The Morgan fingerprint density at radius 2 is 1.96 bits per heavy atom. The van der Waals surface area contributed by atoms with Crippen LogP contribution in [-0.4, -0.2) is 46.6 Å². The summed E-state index contributed by atoms with van der Waals surface area (Å²) in [6.45, 7) is 3.91. The smallest absolute Gasteiger partial charge is 0.253 e. The second kappa shape index (κ2) is 7.77. The Hall–Kier alpha value is -2.63. The highest BCUT2D eigenvalue weighted by Crippen LogP contribution is 2.19. The molecular formula is C18H21N3O3. The Kier molecular flexibility index (Phi) is 5.25. The molecule has 0 saturated carbocycles. The molecule has 1 saturated heterocycles. The van der Waals surface area contributed by atoms with Gasteiger partial charge >= 0.3 is 0 Å². The first kappa shape index (κ1) is 16.2. The van der Waals surface area contributed by atoms with Gasteiger partial charge in [0.15, 0.2) is 0 Å². The number of benzene rings is 1. The number of rotatable bonds is 5. The number of carbonyl (C=O) groups excluding carboxylic acids is 1. The first-order chi connectivity index (χ1) is 11.8. The summed E-state index contributed by atoms with van der Waals surface area (Å²) in [6, 6.07) is 7.30. The van der Waals surface area contributed by atoms with Gasteiger partial charge in [-0.1, -0.05) is 0 Å². The molecule has 6 heteroatoms. The van der Waals surface area contributed by atoms with Crippen molar-refractivity contribution in [3.05, 3.63) is 48.4 Å². The molecule has 1 aromatic heterocycles. The van der Waals surface area contributed by atoms with Crippen molar-refractivity contribution in [3.8, 4) is 11.6 Å². The highest BCUT2D eigenvalue weighted by molar-refractivity contribution is 5.94. The molecule has 2 heterocycles.